The highest BCUT2D eigenvalue weighted by atomic mass is 79.9. The lowest BCUT2D eigenvalue weighted by molar-refractivity contribution is -0.290. The number of aromatic nitrogens is 2. The molecule has 0 N–H and O–H groups in total. The Balaban J connectivity index is 2.61. The second-order valence-corrected chi connectivity index (χ2v) is 3.59. The Hall–Kier alpha value is -0.990. The summed E-state index contributed by atoms with van der Waals surface area (Å²) in [7, 11) is 0. The van der Waals surface area contributed by atoms with Crippen LogP contribution in [0.4, 0.5) is 22.0 Å². The summed E-state index contributed by atoms with van der Waals surface area (Å²) < 4.78 is 64.5. The third kappa shape index (κ3) is 3.26. The summed E-state index contributed by atoms with van der Waals surface area (Å²) >= 11 is 2.96. The van der Waals surface area contributed by atoms with Crippen molar-refractivity contribution < 1.29 is 26.7 Å². The lowest BCUT2D eigenvalue weighted by Gasteiger charge is -2.18. The van der Waals surface area contributed by atoms with Crippen LogP contribution in [0, 0.1) is 0 Å². The van der Waals surface area contributed by atoms with E-state index < -0.39 is 24.7 Å². The second-order valence-electron chi connectivity index (χ2n) is 2.67. The maximum absolute atomic E-state index is 12.4. The van der Waals surface area contributed by atoms with Crippen LogP contribution in [0.25, 0.3) is 0 Å². The van der Waals surface area contributed by atoms with E-state index in [1.54, 1.807) is 0 Å². The molecule has 1 rings (SSSR count). The van der Waals surface area contributed by atoms with Crippen LogP contribution in [0.1, 0.15) is 0 Å². The van der Waals surface area contributed by atoms with E-state index in [1.165, 1.54) is 0 Å². The topological polar surface area (TPSA) is 35.0 Å². The molecule has 1 heterocycles. The smallest absolute Gasteiger partial charge is 0.456 e. The molecule has 0 aliphatic rings. The van der Waals surface area contributed by atoms with Gasteiger partial charge in [0.1, 0.15) is 0 Å². The fourth-order valence-electron chi connectivity index (χ4n) is 0.612. The molecule has 0 aliphatic carbocycles. The first-order valence-electron chi connectivity index (χ1n) is 3.77. The largest absolute Gasteiger partial charge is 0.457 e. The molecule has 0 spiro atoms. The fourth-order valence-corrected chi connectivity index (χ4v) is 0.817. The molecule has 0 fully saturated rings. The van der Waals surface area contributed by atoms with Crippen molar-refractivity contribution in [3.63, 3.8) is 0 Å². The van der Waals surface area contributed by atoms with Gasteiger partial charge in [0.25, 0.3) is 0 Å². The summed E-state index contributed by atoms with van der Waals surface area (Å²) in [6.45, 7) is -1.85. The molecule has 0 bridgehead atoms. The van der Waals surface area contributed by atoms with Crippen LogP contribution >= 0.6 is 15.9 Å². The van der Waals surface area contributed by atoms with E-state index in [0.717, 1.165) is 12.4 Å². The van der Waals surface area contributed by atoms with Gasteiger partial charge in [0.15, 0.2) is 6.61 Å². The standard InChI is InChI=1S/C7H4BrF5N2O/c8-4-1-14-5(15-2-4)16-3-6(9,10)7(11,12)13/h1-2H,3H2. The van der Waals surface area contributed by atoms with Crippen molar-refractivity contribution in [2.24, 2.45) is 0 Å². The maximum atomic E-state index is 12.4. The number of nitrogens with zero attached hydrogens (tertiary/aromatic N) is 2. The van der Waals surface area contributed by atoms with Gasteiger partial charge in [0.2, 0.25) is 0 Å². The Morgan fingerprint density at radius 2 is 1.62 bits per heavy atom. The summed E-state index contributed by atoms with van der Waals surface area (Å²) in [6.07, 6.45) is -3.33. The molecular formula is C7H4BrF5N2O. The van der Waals surface area contributed by atoms with E-state index in [-0.39, 0.29) is 0 Å². The Morgan fingerprint density at radius 1 is 1.12 bits per heavy atom. The number of rotatable bonds is 3. The number of halogens is 6. The van der Waals surface area contributed by atoms with E-state index in [4.69, 9.17) is 0 Å². The van der Waals surface area contributed by atoms with Gasteiger partial charge in [-0.1, -0.05) is 0 Å². The zero-order valence-electron chi connectivity index (χ0n) is 7.43. The molecule has 1 aromatic heterocycles. The predicted molar refractivity (Wildman–Crippen MR) is 46.2 cm³/mol. The Bertz CT molecular complexity index is 353. The van der Waals surface area contributed by atoms with Crippen molar-refractivity contribution in [1.29, 1.82) is 0 Å². The van der Waals surface area contributed by atoms with Gasteiger partial charge in [-0.15, -0.1) is 0 Å². The average molecular weight is 307 g/mol. The quantitative estimate of drug-likeness (QED) is 0.806. The minimum atomic E-state index is -5.65. The van der Waals surface area contributed by atoms with Crippen molar-refractivity contribution >= 4 is 15.9 Å². The molecule has 0 saturated carbocycles. The van der Waals surface area contributed by atoms with Gasteiger partial charge < -0.3 is 4.74 Å². The van der Waals surface area contributed by atoms with Crippen LogP contribution in [-0.2, 0) is 0 Å². The lowest BCUT2D eigenvalue weighted by Crippen LogP contribution is -2.41. The van der Waals surface area contributed by atoms with Crippen LogP contribution in [0.5, 0.6) is 6.01 Å². The third-order valence-corrected chi connectivity index (χ3v) is 1.80. The van der Waals surface area contributed by atoms with Crippen LogP contribution in [-0.4, -0.2) is 28.7 Å². The van der Waals surface area contributed by atoms with Gasteiger partial charge >= 0.3 is 18.1 Å². The number of hydrogen-bond acceptors (Lipinski definition) is 3. The second kappa shape index (κ2) is 4.48. The van der Waals surface area contributed by atoms with Gasteiger partial charge in [-0.05, 0) is 15.9 Å². The number of alkyl halides is 5. The van der Waals surface area contributed by atoms with Crippen LogP contribution < -0.4 is 4.74 Å². The molecule has 0 unspecified atom stereocenters. The molecule has 0 amide bonds. The normalized spacial score (nSPS) is 12.6. The van der Waals surface area contributed by atoms with Crippen molar-refractivity contribution in [2.75, 3.05) is 6.61 Å². The molecule has 0 saturated heterocycles. The Labute approximate surface area is 94.8 Å². The van der Waals surface area contributed by atoms with Crippen LogP contribution in [0.2, 0.25) is 0 Å². The average Bonchev–Trinajstić information content (AvgIpc) is 2.15. The molecule has 0 aromatic carbocycles. The zero-order chi connectivity index (χ0) is 12.4. The first-order chi connectivity index (χ1) is 7.22. The van der Waals surface area contributed by atoms with Crippen molar-refractivity contribution in [3.8, 4) is 6.01 Å². The highest BCUT2D eigenvalue weighted by Crippen LogP contribution is 2.35. The summed E-state index contributed by atoms with van der Waals surface area (Å²) in [5, 5.41) is 0. The van der Waals surface area contributed by atoms with Gasteiger partial charge in [-0.2, -0.15) is 22.0 Å². The molecule has 1 aromatic rings. The number of hydrogen-bond donors (Lipinski definition) is 0. The molecule has 90 valence electrons. The van der Waals surface area contributed by atoms with E-state index in [2.05, 4.69) is 30.6 Å². The minimum absolute atomic E-state index is 0.447. The van der Waals surface area contributed by atoms with Gasteiger partial charge in [-0.3, -0.25) is 0 Å². The third-order valence-electron chi connectivity index (χ3n) is 1.39. The van der Waals surface area contributed by atoms with Crippen LogP contribution in [0.3, 0.4) is 0 Å². The monoisotopic (exact) mass is 306 g/mol. The van der Waals surface area contributed by atoms with Crippen molar-refractivity contribution in [1.82, 2.24) is 9.97 Å². The zero-order valence-corrected chi connectivity index (χ0v) is 9.02. The molecule has 0 radical (unpaired) electrons. The molecule has 0 atom stereocenters. The van der Waals surface area contributed by atoms with E-state index in [9.17, 15) is 22.0 Å². The lowest BCUT2D eigenvalue weighted by atomic mass is 10.3. The SMILES string of the molecule is FC(F)(F)C(F)(F)COc1ncc(Br)cn1. The highest BCUT2D eigenvalue weighted by Gasteiger charge is 2.58. The summed E-state index contributed by atoms with van der Waals surface area (Å²) in [6, 6.07) is -0.549. The Morgan fingerprint density at radius 3 is 2.06 bits per heavy atom. The Kier molecular flexibility index (Phi) is 3.66. The van der Waals surface area contributed by atoms with E-state index in [1.807, 2.05) is 0 Å². The van der Waals surface area contributed by atoms with E-state index >= 15 is 0 Å². The fraction of sp³-hybridized carbons (Fsp3) is 0.429. The van der Waals surface area contributed by atoms with Gasteiger partial charge in [-0.25, -0.2) is 9.97 Å². The summed E-state index contributed by atoms with van der Waals surface area (Å²) in [5.41, 5.74) is 0. The molecular weight excluding hydrogens is 303 g/mol. The molecule has 16 heavy (non-hydrogen) atoms. The van der Waals surface area contributed by atoms with Crippen molar-refractivity contribution in [2.45, 2.75) is 12.1 Å². The van der Waals surface area contributed by atoms with E-state index in [0.29, 0.717) is 4.47 Å². The molecule has 9 heteroatoms. The highest BCUT2D eigenvalue weighted by molar-refractivity contribution is 9.10. The first-order valence-corrected chi connectivity index (χ1v) is 4.56. The van der Waals surface area contributed by atoms with Crippen molar-refractivity contribution in [3.05, 3.63) is 16.9 Å². The number of ether oxygens (including phenoxy) is 1. The minimum Gasteiger partial charge on any atom is -0.457 e. The summed E-state index contributed by atoms with van der Waals surface area (Å²) in [5.74, 6) is -4.93. The summed E-state index contributed by atoms with van der Waals surface area (Å²) in [4.78, 5) is 6.77. The maximum Gasteiger partial charge on any atom is 0.456 e. The van der Waals surface area contributed by atoms with Crippen LogP contribution in [0.15, 0.2) is 16.9 Å². The first kappa shape index (κ1) is 13.1. The van der Waals surface area contributed by atoms with Gasteiger partial charge in [0.05, 0.1) is 4.47 Å². The molecule has 3 nitrogen and oxygen atoms in total. The molecule has 0 aliphatic heterocycles. The van der Waals surface area contributed by atoms with Gasteiger partial charge in [0, 0.05) is 12.4 Å². The predicted octanol–water partition coefficient (Wildman–Crippen LogP) is 2.82.